The first-order valence-electron chi connectivity index (χ1n) is 9.34. The van der Waals surface area contributed by atoms with Gasteiger partial charge in [-0.25, -0.2) is 4.98 Å². The summed E-state index contributed by atoms with van der Waals surface area (Å²) in [5, 5.41) is 5.34. The Hall–Kier alpha value is -2.71. The molecule has 150 valence electrons. The first-order chi connectivity index (χ1) is 14.1. The van der Waals surface area contributed by atoms with E-state index >= 15 is 0 Å². The van der Waals surface area contributed by atoms with E-state index in [4.69, 9.17) is 4.74 Å². The normalized spacial score (nSPS) is 16.1. The number of carbonyl (C=O) groups is 2. The Morgan fingerprint density at radius 2 is 2.03 bits per heavy atom. The fraction of sp³-hybridized carbons (Fsp3) is 0.286. The van der Waals surface area contributed by atoms with E-state index in [9.17, 15) is 9.59 Å². The lowest BCUT2D eigenvalue weighted by Gasteiger charge is -2.22. The van der Waals surface area contributed by atoms with E-state index in [-0.39, 0.29) is 11.8 Å². The van der Waals surface area contributed by atoms with E-state index in [1.54, 1.807) is 18.1 Å². The quantitative estimate of drug-likeness (QED) is 0.654. The highest BCUT2D eigenvalue weighted by Crippen LogP contribution is 2.32. The van der Waals surface area contributed by atoms with Crippen LogP contribution in [0.3, 0.4) is 0 Å². The van der Waals surface area contributed by atoms with Crippen molar-refractivity contribution < 1.29 is 14.3 Å². The molecule has 0 unspecified atom stereocenters. The van der Waals surface area contributed by atoms with E-state index in [1.165, 1.54) is 22.7 Å². The third-order valence-corrected chi connectivity index (χ3v) is 6.68. The zero-order chi connectivity index (χ0) is 20.4. The van der Waals surface area contributed by atoms with E-state index in [0.717, 1.165) is 28.3 Å². The van der Waals surface area contributed by atoms with Crippen molar-refractivity contribution >= 4 is 39.6 Å². The number of nitrogens with zero attached hydrogens (tertiary/aromatic N) is 2. The van der Waals surface area contributed by atoms with Gasteiger partial charge in [0.1, 0.15) is 11.8 Å². The van der Waals surface area contributed by atoms with Gasteiger partial charge in [-0.05, 0) is 55.5 Å². The molecule has 1 saturated heterocycles. The SMILES string of the molecule is COc1ccc(-c2nc(NC(=O)[C@@H]3CCCN3C(=O)c3cccs3)sc2C)cc1. The van der Waals surface area contributed by atoms with Crippen LogP contribution in [0.25, 0.3) is 11.3 Å². The summed E-state index contributed by atoms with van der Waals surface area (Å²) in [6.07, 6.45) is 1.49. The first-order valence-corrected chi connectivity index (χ1v) is 11.0. The van der Waals surface area contributed by atoms with Gasteiger partial charge in [0.15, 0.2) is 5.13 Å². The number of nitrogens with one attached hydrogen (secondary N) is 1. The molecule has 8 heteroatoms. The second-order valence-corrected chi connectivity index (χ2v) is 8.93. The largest absolute Gasteiger partial charge is 0.497 e. The number of aryl methyl sites for hydroxylation is 1. The van der Waals surface area contributed by atoms with E-state index < -0.39 is 6.04 Å². The molecule has 1 fully saturated rings. The Labute approximate surface area is 177 Å². The number of ether oxygens (including phenoxy) is 1. The maximum absolute atomic E-state index is 12.9. The molecule has 3 heterocycles. The van der Waals surface area contributed by atoms with Crippen molar-refractivity contribution in [1.82, 2.24) is 9.88 Å². The maximum atomic E-state index is 12.9. The summed E-state index contributed by atoms with van der Waals surface area (Å²) in [7, 11) is 1.63. The molecular weight excluding hydrogens is 406 g/mol. The predicted octanol–water partition coefficient (Wildman–Crippen LogP) is 4.43. The molecule has 29 heavy (non-hydrogen) atoms. The summed E-state index contributed by atoms with van der Waals surface area (Å²) in [6.45, 7) is 2.58. The minimum Gasteiger partial charge on any atom is -0.497 e. The number of thiazole rings is 1. The second kappa shape index (κ2) is 8.34. The highest BCUT2D eigenvalue weighted by molar-refractivity contribution is 7.16. The Morgan fingerprint density at radius 1 is 1.24 bits per heavy atom. The van der Waals surface area contributed by atoms with Crippen LogP contribution in [-0.2, 0) is 4.79 Å². The number of hydrogen-bond acceptors (Lipinski definition) is 6. The van der Waals surface area contributed by atoms with Crippen LogP contribution in [-0.4, -0.2) is 41.4 Å². The lowest BCUT2D eigenvalue weighted by molar-refractivity contribution is -0.119. The number of aromatic nitrogens is 1. The smallest absolute Gasteiger partial charge is 0.264 e. The standard InChI is InChI=1S/C21H21N3O3S2/c1-13-18(14-7-9-15(27-2)10-8-14)22-21(29-13)23-19(25)16-5-3-11-24(16)20(26)17-6-4-12-28-17/h4,6-10,12,16H,3,5,11H2,1-2H3,(H,22,23,25)/t16-/m0/s1. The van der Waals surface area contributed by atoms with Crippen LogP contribution in [0, 0.1) is 6.92 Å². The lowest BCUT2D eigenvalue weighted by Crippen LogP contribution is -2.42. The van der Waals surface area contributed by atoms with Crippen molar-refractivity contribution in [3.05, 3.63) is 51.5 Å². The minimum atomic E-state index is -0.460. The zero-order valence-corrected chi connectivity index (χ0v) is 17.8. The molecular formula is C21H21N3O3S2. The Balaban J connectivity index is 1.49. The topological polar surface area (TPSA) is 71.5 Å². The average Bonchev–Trinajstić information content (AvgIpc) is 3.48. The number of carbonyl (C=O) groups excluding carboxylic acids is 2. The summed E-state index contributed by atoms with van der Waals surface area (Å²) >= 11 is 2.84. The molecule has 4 rings (SSSR count). The number of anilines is 1. The van der Waals surface area contributed by atoms with Crippen molar-refractivity contribution in [2.24, 2.45) is 0 Å². The van der Waals surface area contributed by atoms with Gasteiger partial charge in [-0.1, -0.05) is 6.07 Å². The zero-order valence-electron chi connectivity index (χ0n) is 16.2. The van der Waals surface area contributed by atoms with E-state index in [1.807, 2.05) is 42.6 Å². The molecule has 2 aromatic heterocycles. The predicted molar refractivity (Wildman–Crippen MR) is 116 cm³/mol. The van der Waals surface area contributed by atoms with Gasteiger partial charge in [0.25, 0.3) is 5.91 Å². The van der Waals surface area contributed by atoms with Gasteiger partial charge in [0.2, 0.25) is 5.91 Å². The minimum absolute atomic E-state index is 0.0770. The van der Waals surface area contributed by atoms with Crippen LogP contribution in [0.5, 0.6) is 5.75 Å². The first kappa shape index (κ1) is 19.6. The molecule has 1 atom stereocenters. The molecule has 0 bridgehead atoms. The highest BCUT2D eigenvalue weighted by Gasteiger charge is 2.35. The van der Waals surface area contributed by atoms with Crippen LogP contribution in [0.1, 0.15) is 27.4 Å². The monoisotopic (exact) mass is 427 g/mol. The van der Waals surface area contributed by atoms with Crippen LogP contribution in [0.15, 0.2) is 41.8 Å². The molecule has 1 aliphatic rings. The number of hydrogen-bond donors (Lipinski definition) is 1. The molecule has 3 aromatic rings. The number of thiophene rings is 1. The van der Waals surface area contributed by atoms with Crippen molar-refractivity contribution in [1.29, 1.82) is 0 Å². The fourth-order valence-corrected chi connectivity index (χ4v) is 5.00. The number of rotatable bonds is 5. The molecule has 1 aromatic carbocycles. The van der Waals surface area contributed by atoms with Crippen molar-refractivity contribution in [2.75, 3.05) is 19.0 Å². The van der Waals surface area contributed by atoms with Crippen LogP contribution >= 0.6 is 22.7 Å². The van der Waals surface area contributed by atoms with Gasteiger partial charge in [-0.15, -0.1) is 22.7 Å². The van der Waals surface area contributed by atoms with Crippen LogP contribution in [0.2, 0.25) is 0 Å². The van der Waals surface area contributed by atoms with Gasteiger partial charge in [-0.2, -0.15) is 0 Å². The Bertz CT molecular complexity index is 1010. The highest BCUT2D eigenvalue weighted by atomic mass is 32.1. The number of amides is 2. The van der Waals surface area contributed by atoms with Gasteiger partial charge >= 0.3 is 0 Å². The van der Waals surface area contributed by atoms with Crippen molar-refractivity contribution in [3.8, 4) is 17.0 Å². The van der Waals surface area contributed by atoms with Crippen molar-refractivity contribution in [2.45, 2.75) is 25.8 Å². The number of methoxy groups -OCH3 is 1. The fourth-order valence-electron chi connectivity index (χ4n) is 3.48. The number of likely N-dealkylation sites (tertiary alicyclic amines) is 1. The second-order valence-electron chi connectivity index (χ2n) is 6.78. The lowest BCUT2D eigenvalue weighted by atomic mass is 10.1. The van der Waals surface area contributed by atoms with Gasteiger partial charge in [0.05, 0.1) is 17.7 Å². The van der Waals surface area contributed by atoms with Crippen molar-refractivity contribution in [3.63, 3.8) is 0 Å². The van der Waals surface area contributed by atoms with Gasteiger partial charge in [0, 0.05) is 17.0 Å². The summed E-state index contributed by atoms with van der Waals surface area (Å²) in [5.74, 6) is 0.529. The molecule has 0 aliphatic carbocycles. The third-order valence-electron chi connectivity index (χ3n) is 4.94. The summed E-state index contributed by atoms with van der Waals surface area (Å²) in [4.78, 5) is 33.6. The summed E-state index contributed by atoms with van der Waals surface area (Å²) < 4.78 is 5.20. The molecule has 0 saturated carbocycles. The third kappa shape index (κ3) is 4.04. The molecule has 1 aliphatic heterocycles. The molecule has 0 radical (unpaired) electrons. The number of benzene rings is 1. The van der Waals surface area contributed by atoms with Crippen LogP contribution in [0.4, 0.5) is 5.13 Å². The van der Waals surface area contributed by atoms with Gasteiger partial charge < -0.3 is 15.0 Å². The summed E-state index contributed by atoms with van der Waals surface area (Å²) in [6, 6.07) is 10.9. The van der Waals surface area contributed by atoms with Crippen LogP contribution < -0.4 is 10.1 Å². The molecule has 2 amide bonds. The average molecular weight is 428 g/mol. The molecule has 6 nitrogen and oxygen atoms in total. The van der Waals surface area contributed by atoms with Gasteiger partial charge in [-0.3, -0.25) is 9.59 Å². The molecule has 1 N–H and O–H groups in total. The Morgan fingerprint density at radius 3 is 2.72 bits per heavy atom. The molecule has 0 spiro atoms. The van der Waals surface area contributed by atoms with E-state index in [2.05, 4.69) is 10.3 Å². The summed E-state index contributed by atoms with van der Waals surface area (Å²) in [5.41, 5.74) is 1.81. The maximum Gasteiger partial charge on any atom is 0.264 e. The van der Waals surface area contributed by atoms with E-state index in [0.29, 0.717) is 23.0 Å². The Kier molecular flexibility index (Phi) is 5.64.